The minimum absolute atomic E-state index is 0.0251. The van der Waals surface area contributed by atoms with Gasteiger partial charge in [-0.3, -0.25) is 4.68 Å². The van der Waals surface area contributed by atoms with Gasteiger partial charge in [0.25, 0.3) is 0 Å². The monoisotopic (exact) mass is 253 g/mol. The average Bonchev–Trinajstić information content (AvgIpc) is 2.62. The van der Waals surface area contributed by atoms with E-state index in [0.717, 1.165) is 38.2 Å². The largest absolute Gasteiger partial charge is 0.379 e. The van der Waals surface area contributed by atoms with E-state index in [0.29, 0.717) is 0 Å². The van der Waals surface area contributed by atoms with Gasteiger partial charge in [-0.1, -0.05) is 0 Å². The molecule has 4 nitrogen and oxygen atoms in total. The van der Waals surface area contributed by atoms with Gasteiger partial charge in [0, 0.05) is 19.3 Å². The molecule has 0 bridgehead atoms. The molecule has 1 rings (SSSR count). The third-order valence-electron chi connectivity index (χ3n) is 3.28. The van der Waals surface area contributed by atoms with Gasteiger partial charge in [0.05, 0.1) is 11.3 Å². The Morgan fingerprint density at radius 2 is 2.06 bits per heavy atom. The lowest BCUT2D eigenvalue weighted by molar-refractivity contribution is 0.0159. The summed E-state index contributed by atoms with van der Waals surface area (Å²) in [7, 11) is 1.77. The smallest absolute Gasteiger partial charge is 0.0634 e. The van der Waals surface area contributed by atoms with Crippen LogP contribution >= 0.6 is 0 Å². The van der Waals surface area contributed by atoms with Crippen LogP contribution in [0.5, 0.6) is 0 Å². The molecule has 0 spiro atoms. The van der Waals surface area contributed by atoms with E-state index < -0.39 is 0 Å². The second kappa shape index (κ2) is 6.90. The quantitative estimate of drug-likeness (QED) is 0.723. The van der Waals surface area contributed by atoms with Crippen LogP contribution in [-0.4, -0.2) is 35.6 Å². The molecule has 4 heteroatoms. The highest BCUT2D eigenvalue weighted by molar-refractivity contribution is 5.06. The van der Waals surface area contributed by atoms with Crippen LogP contribution < -0.4 is 5.32 Å². The van der Waals surface area contributed by atoms with Crippen molar-refractivity contribution in [3.05, 3.63) is 17.5 Å². The molecule has 1 heterocycles. The Morgan fingerprint density at radius 3 is 2.61 bits per heavy atom. The highest BCUT2D eigenvalue weighted by atomic mass is 16.5. The molecule has 0 radical (unpaired) electrons. The van der Waals surface area contributed by atoms with Crippen LogP contribution in [0.25, 0.3) is 0 Å². The summed E-state index contributed by atoms with van der Waals surface area (Å²) in [5.41, 5.74) is 2.32. The van der Waals surface area contributed by atoms with Crippen molar-refractivity contribution in [2.75, 3.05) is 20.2 Å². The number of aryl methyl sites for hydroxylation is 3. The first-order chi connectivity index (χ1) is 8.44. The molecule has 0 amide bonds. The number of aromatic nitrogens is 2. The van der Waals surface area contributed by atoms with Crippen molar-refractivity contribution in [2.24, 2.45) is 0 Å². The average molecular weight is 253 g/mol. The molecule has 104 valence electrons. The van der Waals surface area contributed by atoms with Crippen LogP contribution in [-0.2, 0) is 11.3 Å². The number of rotatable bonds is 8. The molecule has 0 saturated heterocycles. The molecule has 0 saturated carbocycles. The lowest BCUT2D eigenvalue weighted by atomic mass is 10.1. The minimum atomic E-state index is -0.0251. The maximum Gasteiger partial charge on any atom is 0.0634 e. The normalized spacial score (nSPS) is 12.1. The van der Waals surface area contributed by atoms with Crippen molar-refractivity contribution < 1.29 is 4.74 Å². The highest BCUT2D eigenvalue weighted by Gasteiger charge is 2.14. The van der Waals surface area contributed by atoms with E-state index in [-0.39, 0.29) is 5.60 Å². The van der Waals surface area contributed by atoms with Gasteiger partial charge < -0.3 is 10.1 Å². The fourth-order valence-corrected chi connectivity index (χ4v) is 1.87. The van der Waals surface area contributed by atoms with E-state index in [1.54, 1.807) is 7.11 Å². The fourth-order valence-electron chi connectivity index (χ4n) is 1.87. The molecule has 0 aliphatic heterocycles. The summed E-state index contributed by atoms with van der Waals surface area (Å²) in [6, 6.07) is 2.12. The molecule has 0 aliphatic carbocycles. The molecule has 18 heavy (non-hydrogen) atoms. The lowest BCUT2D eigenvalue weighted by Crippen LogP contribution is -2.29. The van der Waals surface area contributed by atoms with Crippen molar-refractivity contribution in [1.29, 1.82) is 0 Å². The Labute approximate surface area is 111 Å². The van der Waals surface area contributed by atoms with Crippen LogP contribution in [0.3, 0.4) is 0 Å². The second-order valence-corrected chi connectivity index (χ2v) is 5.47. The first kappa shape index (κ1) is 15.2. The Balaban J connectivity index is 2.11. The lowest BCUT2D eigenvalue weighted by Gasteiger charge is -2.22. The second-order valence-electron chi connectivity index (χ2n) is 5.47. The Kier molecular flexibility index (Phi) is 5.82. The zero-order valence-electron chi connectivity index (χ0n) is 12.4. The molecule has 0 fully saturated rings. The van der Waals surface area contributed by atoms with Gasteiger partial charge in [-0.25, -0.2) is 0 Å². The number of ether oxygens (including phenoxy) is 1. The van der Waals surface area contributed by atoms with Crippen LogP contribution in [0.4, 0.5) is 0 Å². The van der Waals surface area contributed by atoms with Gasteiger partial charge in [0.1, 0.15) is 0 Å². The molecule has 1 aromatic rings. The highest BCUT2D eigenvalue weighted by Crippen LogP contribution is 2.11. The summed E-state index contributed by atoms with van der Waals surface area (Å²) in [4.78, 5) is 0. The number of nitrogens with zero attached hydrogens (tertiary/aromatic N) is 2. The van der Waals surface area contributed by atoms with E-state index in [1.807, 2.05) is 6.92 Å². The van der Waals surface area contributed by atoms with E-state index in [9.17, 15) is 0 Å². The molecule has 1 aromatic heterocycles. The summed E-state index contributed by atoms with van der Waals surface area (Å²) in [6.07, 6.45) is 2.14. The van der Waals surface area contributed by atoms with Crippen LogP contribution in [0.2, 0.25) is 0 Å². The fraction of sp³-hybridized carbons (Fsp3) is 0.786. The molecule has 1 N–H and O–H groups in total. The van der Waals surface area contributed by atoms with Gasteiger partial charge in [-0.15, -0.1) is 0 Å². The minimum Gasteiger partial charge on any atom is -0.379 e. The summed E-state index contributed by atoms with van der Waals surface area (Å²) in [5.74, 6) is 0. The maximum absolute atomic E-state index is 5.38. The van der Waals surface area contributed by atoms with E-state index in [4.69, 9.17) is 4.74 Å². The molecule has 0 aromatic carbocycles. The topological polar surface area (TPSA) is 39.1 Å². The Morgan fingerprint density at radius 1 is 1.33 bits per heavy atom. The third kappa shape index (κ3) is 5.19. The molecular weight excluding hydrogens is 226 g/mol. The van der Waals surface area contributed by atoms with Crippen molar-refractivity contribution in [2.45, 2.75) is 52.7 Å². The number of nitrogens with one attached hydrogen (secondary N) is 1. The standard InChI is InChI=1S/C14H27N3O/c1-12-11-13(2)17(16-12)10-6-8-15-9-7-14(3,4)18-5/h11,15H,6-10H2,1-5H3. The Bertz CT molecular complexity index is 358. The maximum atomic E-state index is 5.38. The van der Waals surface area contributed by atoms with Gasteiger partial charge >= 0.3 is 0 Å². The number of hydrogen-bond donors (Lipinski definition) is 1. The van der Waals surface area contributed by atoms with Crippen LogP contribution in [0.1, 0.15) is 38.1 Å². The summed E-state index contributed by atoms with van der Waals surface area (Å²) in [6.45, 7) is 11.4. The molecular formula is C14H27N3O. The van der Waals surface area contributed by atoms with Gasteiger partial charge in [-0.05, 0) is 59.7 Å². The van der Waals surface area contributed by atoms with Crippen LogP contribution in [0.15, 0.2) is 6.07 Å². The summed E-state index contributed by atoms with van der Waals surface area (Å²) >= 11 is 0. The molecule has 0 aliphatic rings. The summed E-state index contributed by atoms with van der Waals surface area (Å²) < 4.78 is 7.46. The number of methoxy groups -OCH3 is 1. The van der Waals surface area contributed by atoms with E-state index in [2.05, 4.69) is 41.9 Å². The van der Waals surface area contributed by atoms with Gasteiger partial charge in [-0.2, -0.15) is 5.10 Å². The van der Waals surface area contributed by atoms with Gasteiger partial charge in [0.2, 0.25) is 0 Å². The zero-order valence-corrected chi connectivity index (χ0v) is 12.4. The van der Waals surface area contributed by atoms with Crippen molar-refractivity contribution >= 4 is 0 Å². The predicted octanol–water partition coefficient (Wildman–Crippen LogP) is 2.29. The molecule has 0 unspecified atom stereocenters. The third-order valence-corrected chi connectivity index (χ3v) is 3.28. The van der Waals surface area contributed by atoms with E-state index >= 15 is 0 Å². The Hall–Kier alpha value is -0.870. The molecule has 0 atom stereocenters. The number of hydrogen-bond acceptors (Lipinski definition) is 3. The van der Waals surface area contributed by atoms with Crippen LogP contribution in [0, 0.1) is 13.8 Å². The summed E-state index contributed by atoms with van der Waals surface area (Å²) in [5, 5.41) is 7.90. The SMILES string of the molecule is COC(C)(C)CCNCCCn1nc(C)cc1C. The van der Waals surface area contributed by atoms with Crippen molar-refractivity contribution in [3.8, 4) is 0 Å². The zero-order chi connectivity index (χ0) is 13.6. The van der Waals surface area contributed by atoms with Crippen molar-refractivity contribution in [1.82, 2.24) is 15.1 Å². The van der Waals surface area contributed by atoms with Gasteiger partial charge in [0.15, 0.2) is 0 Å². The first-order valence-electron chi connectivity index (χ1n) is 6.71. The van der Waals surface area contributed by atoms with Crippen molar-refractivity contribution in [3.63, 3.8) is 0 Å². The van der Waals surface area contributed by atoms with E-state index in [1.165, 1.54) is 5.69 Å². The first-order valence-corrected chi connectivity index (χ1v) is 6.71. The predicted molar refractivity (Wildman–Crippen MR) is 74.9 cm³/mol.